The molecule has 0 unspecified atom stereocenters. The first-order valence-corrected chi connectivity index (χ1v) is 7.82. The largest absolute Gasteiger partial charge is 0.493 e. The van der Waals surface area contributed by atoms with Gasteiger partial charge in [-0.15, -0.1) is 0 Å². The average molecular weight is 300 g/mol. The first-order chi connectivity index (χ1) is 11.3. The minimum atomic E-state index is 0.781. The summed E-state index contributed by atoms with van der Waals surface area (Å²) in [4.78, 5) is 0. The lowest BCUT2D eigenvalue weighted by molar-refractivity contribution is 0.358. The fraction of sp³-hybridized carbons (Fsp3) is 0.143. The molecule has 0 heterocycles. The molecular formula is C21H16O2. The van der Waals surface area contributed by atoms with Gasteiger partial charge >= 0.3 is 0 Å². The fourth-order valence-corrected chi connectivity index (χ4v) is 4.08. The van der Waals surface area contributed by atoms with Crippen LogP contribution in [0, 0.1) is 0 Å². The van der Waals surface area contributed by atoms with Crippen molar-refractivity contribution in [1.29, 1.82) is 0 Å². The Labute approximate surface area is 134 Å². The molecule has 0 aromatic heterocycles. The molecule has 23 heavy (non-hydrogen) atoms. The van der Waals surface area contributed by atoms with E-state index in [4.69, 9.17) is 9.47 Å². The maximum atomic E-state index is 5.65. The topological polar surface area (TPSA) is 18.5 Å². The molecule has 0 spiro atoms. The standard InChI is InChI=1S/C21H16O2/c1-22-18-9-8-15-16-7-6-12-4-3-5-13-10-14(20(16)19(12)13)11-17(15)21(18)23-2/h3-9,11H,10H2,1-2H3. The lowest BCUT2D eigenvalue weighted by Gasteiger charge is -2.13. The Morgan fingerprint density at radius 2 is 1.61 bits per heavy atom. The summed E-state index contributed by atoms with van der Waals surface area (Å²) in [7, 11) is 3.39. The summed E-state index contributed by atoms with van der Waals surface area (Å²) in [6.45, 7) is 0. The van der Waals surface area contributed by atoms with E-state index < -0.39 is 0 Å². The summed E-state index contributed by atoms with van der Waals surface area (Å²) in [5, 5.41) is 7.79. The third-order valence-electron chi connectivity index (χ3n) is 5.03. The van der Waals surface area contributed by atoms with Gasteiger partial charge in [-0.05, 0) is 62.7 Å². The minimum Gasteiger partial charge on any atom is -0.493 e. The van der Waals surface area contributed by atoms with Crippen molar-refractivity contribution in [1.82, 2.24) is 0 Å². The summed E-state index contributed by atoms with van der Waals surface area (Å²) in [6, 6.07) is 17.5. The Bertz CT molecular complexity index is 1110. The van der Waals surface area contributed by atoms with Crippen molar-refractivity contribution < 1.29 is 9.47 Å². The van der Waals surface area contributed by atoms with Crippen LogP contribution in [0.3, 0.4) is 0 Å². The van der Waals surface area contributed by atoms with Crippen molar-refractivity contribution in [2.45, 2.75) is 6.42 Å². The molecule has 0 saturated heterocycles. The molecule has 0 bridgehead atoms. The van der Waals surface area contributed by atoms with Gasteiger partial charge in [0.1, 0.15) is 0 Å². The van der Waals surface area contributed by atoms with E-state index in [1.54, 1.807) is 14.2 Å². The van der Waals surface area contributed by atoms with Crippen LogP contribution in [-0.2, 0) is 6.42 Å². The highest BCUT2D eigenvalue weighted by Gasteiger charge is 2.20. The summed E-state index contributed by atoms with van der Waals surface area (Å²) in [5.41, 5.74) is 2.80. The predicted octanol–water partition coefficient (Wildman–Crippen LogP) is 5.07. The molecule has 0 amide bonds. The van der Waals surface area contributed by atoms with Crippen molar-refractivity contribution in [2.24, 2.45) is 0 Å². The molecule has 0 aliphatic heterocycles. The van der Waals surface area contributed by atoms with Crippen LogP contribution in [0.2, 0.25) is 0 Å². The monoisotopic (exact) mass is 300 g/mol. The van der Waals surface area contributed by atoms with Gasteiger partial charge < -0.3 is 9.47 Å². The van der Waals surface area contributed by atoms with Gasteiger partial charge in [-0.25, -0.2) is 0 Å². The van der Waals surface area contributed by atoms with Gasteiger partial charge in [-0.2, -0.15) is 0 Å². The molecule has 1 aliphatic carbocycles. The van der Waals surface area contributed by atoms with Gasteiger partial charge in [-0.3, -0.25) is 0 Å². The quantitative estimate of drug-likeness (QED) is 0.424. The first-order valence-electron chi connectivity index (χ1n) is 7.82. The van der Waals surface area contributed by atoms with Crippen LogP contribution >= 0.6 is 0 Å². The second-order valence-corrected chi connectivity index (χ2v) is 6.11. The summed E-state index contributed by atoms with van der Waals surface area (Å²) < 4.78 is 11.1. The Hall–Kier alpha value is -2.74. The maximum Gasteiger partial charge on any atom is 0.168 e. The predicted molar refractivity (Wildman–Crippen MR) is 94.9 cm³/mol. The molecule has 0 radical (unpaired) electrons. The summed E-state index contributed by atoms with van der Waals surface area (Å²) in [6.07, 6.45) is 0.990. The zero-order chi connectivity index (χ0) is 15.6. The van der Waals surface area contributed by atoms with Crippen molar-refractivity contribution >= 4 is 32.3 Å². The van der Waals surface area contributed by atoms with Gasteiger partial charge in [-0.1, -0.05) is 30.3 Å². The summed E-state index contributed by atoms with van der Waals surface area (Å²) >= 11 is 0. The van der Waals surface area contributed by atoms with Crippen LogP contribution in [-0.4, -0.2) is 14.2 Å². The van der Waals surface area contributed by atoms with E-state index in [1.807, 2.05) is 6.07 Å². The molecule has 4 aromatic rings. The van der Waals surface area contributed by atoms with Crippen molar-refractivity contribution in [3.8, 4) is 11.5 Å². The van der Waals surface area contributed by atoms with Gasteiger partial charge in [0.05, 0.1) is 14.2 Å². The molecule has 0 fully saturated rings. The second kappa shape index (κ2) is 4.39. The van der Waals surface area contributed by atoms with E-state index in [-0.39, 0.29) is 0 Å². The Kier molecular flexibility index (Phi) is 2.44. The van der Waals surface area contributed by atoms with E-state index in [0.29, 0.717) is 0 Å². The molecule has 112 valence electrons. The van der Waals surface area contributed by atoms with Gasteiger partial charge in [0, 0.05) is 5.39 Å². The highest BCUT2D eigenvalue weighted by Crippen LogP contribution is 2.45. The average Bonchev–Trinajstić information content (AvgIpc) is 2.97. The van der Waals surface area contributed by atoms with Gasteiger partial charge in [0.2, 0.25) is 0 Å². The Balaban J connectivity index is 2.02. The number of methoxy groups -OCH3 is 2. The molecule has 0 saturated carbocycles. The van der Waals surface area contributed by atoms with E-state index in [2.05, 4.69) is 42.5 Å². The molecule has 5 rings (SSSR count). The van der Waals surface area contributed by atoms with Crippen molar-refractivity contribution in [3.63, 3.8) is 0 Å². The molecule has 2 heteroatoms. The molecule has 2 nitrogen and oxygen atoms in total. The first kappa shape index (κ1) is 12.8. The highest BCUT2D eigenvalue weighted by molar-refractivity contribution is 6.22. The van der Waals surface area contributed by atoms with Crippen molar-refractivity contribution in [2.75, 3.05) is 14.2 Å². The molecule has 0 atom stereocenters. The van der Waals surface area contributed by atoms with Crippen LogP contribution in [0.5, 0.6) is 11.5 Å². The molecule has 4 aromatic carbocycles. The number of fused-ring (bicyclic) bond motifs is 2. The van der Waals surface area contributed by atoms with Crippen LogP contribution in [0.15, 0.2) is 48.5 Å². The lowest BCUT2D eigenvalue weighted by Crippen LogP contribution is -1.93. The number of benzene rings is 4. The van der Waals surface area contributed by atoms with Crippen LogP contribution in [0.1, 0.15) is 11.1 Å². The summed E-state index contributed by atoms with van der Waals surface area (Å²) in [5.74, 6) is 1.60. The van der Waals surface area contributed by atoms with E-state index in [9.17, 15) is 0 Å². The normalized spacial score (nSPS) is 12.6. The van der Waals surface area contributed by atoms with Crippen LogP contribution < -0.4 is 9.47 Å². The zero-order valence-corrected chi connectivity index (χ0v) is 13.1. The van der Waals surface area contributed by atoms with Gasteiger partial charge in [0.15, 0.2) is 11.5 Å². The van der Waals surface area contributed by atoms with E-state index in [0.717, 1.165) is 23.3 Å². The van der Waals surface area contributed by atoms with Gasteiger partial charge in [0.25, 0.3) is 0 Å². The highest BCUT2D eigenvalue weighted by atomic mass is 16.5. The minimum absolute atomic E-state index is 0.781. The number of ether oxygens (including phenoxy) is 2. The molecule has 1 aliphatic rings. The number of rotatable bonds is 2. The third kappa shape index (κ3) is 1.53. The zero-order valence-electron chi connectivity index (χ0n) is 13.1. The number of hydrogen-bond donors (Lipinski definition) is 0. The lowest BCUT2D eigenvalue weighted by atomic mass is 9.96. The molecule has 0 N–H and O–H groups in total. The van der Waals surface area contributed by atoms with E-state index in [1.165, 1.54) is 38.1 Å². The third-order valence-corrected chi connectivity index (χ3v) is 5.03. The van der Waals surface area contributed by atoms with Crippen molar-refractivity contribution in [3.05, 3.63) is 59.7 Å². The maximum absolute atomic E-state index is 5.65. The van der Waals surface area contributed by atoms with Crippen LogP contribution in [0.4, 0.5) is 0 Å². The number of hydrogen-bond acceptors (Lipinski definition) is 2. The fourth-order valence-electron chi connectivity index (χ4n) is 4.08. The Morgan fingerprint density at radius 1 is 0.739 bits per heavy atom. The van der Waals surface area contributed by atoms with Crippen LogP contribution in [0.25, 0.3) is 32.3 Å². The second-order valence-electron chi connectivity index (χ2n) is 6.11. The molecular weight excluding hydrogens is 284 g/mol. The SMILES string of the molecule is COc1ccc2c(cc3c4c2ccc2cccc(c24)C3)c1OC. The van der Waals surface area contributed by atoms with E-state index >= 15 is 0 Å². The Morgan fingerprint density at radius 3 is 2.43 bits per heavy atom. The smallest absolute Gasteiger partial charge is 0.168 e.